The van der Waals surface area contributed by atoms with E-state index in [0.29, 0.717) is 12.5 Å². The molecule has 142 valence electrons. The van der Waals surface area contributed by atoms with Gasteiger partial charge in [0.1, 0.15) is 5.60 Å². The van der Waals surface area contributed by atoms with E-state index in [1.807, 2.05) is 37.3 Å². The summed E-state index contributed by atoms with van der Waals surface area (Å²) in [5.74, 6) is 0.618. The van der Waals surface area contributed by atoms with Crippen LogP contribution in [0.15, 0.2) is 30.3 Å². The van der Waals surface area contributed by atoms with Crippen LogP contribution < -0.4 is 5.32 Å². The number of benzene rings is 1. The number of rotatable bonds is 6. The summed E-state index contributed by atoms with van der Waals surface area (Å²) in [5, 5.41) is 14.0. The van der Waals surface area contributed by atoms with Gasteiger partial charge in [-0.15, -0.1) is 0 Å². The Morgan fingerprint density at radius 3 is 2.36 bits per heavy atom. The van der Waals surface area contributed by atoms with Crippen LogP contribution in [0, 0.1) is 5.92 Å². The lowest BCUT2D eigenvalue weighted by atomic mass is 9.90. The summed E-state index contributed by atoms with van der Waals surface area (Å²) in [7, 11) is 0. The summed E-state index contributed by atoms with van der Waals surface area (Å²) in [5.41, 5.74) is -0.00837. The van der Waals surface area contributed by atoms with Crippen LogP contribution in [0.5, 0.6) is 0 Å². The van der Waals surface area contributed by atoms with Crippen molar-refractivity contribution in [3.8, 4) is 0 Å². The van der Waals surface area contributed by atoms with Gasteiger partial charge in [-0.2, -0.15) is 0 Å². The Hall–Kier alpha value is -0.900. The maximum Gasteiger partial charge on any atom is 0.110 e. The lowest BCUT2D eigenvalue weighted by Gasteiger charge is -2.34. The van der Waals surface area contributed by atoms with Gasteiger partial charge in [-0.05, 0) is 37.8 Å². The Balaban J connectivity index is 0.000000386. The highest BCUT2D eigenvalue weighted by Crippen LogP contribution is 2.25. The highest BCUT2D eigenvalue weighted by molar-refractivity contribution is 5.21. The fourth-order valence-corrected chi connectivity index (χ4v) is 3.81. The molecule has 2 aliphatic rings. The first-order chi connectivity index (χ1) is 12.1. The first-order valence-electron chi connectivity index (χ1n) is 10.2. The van der Waals surface area contributed by atoms with Crippen molar-refractivity contribution in [3.63, 3.8) is 0 Å². The molecule has 1 aliphatic carbocycles. The number of hydrogen-bond donors (Lipinski definition) is 2. The molecule has 0 spiro atoms. The van der Waals surface area contributed by atoms with Gasteiger partial charge in [-0.25, -0.2) is 0 Å². The van der Waals surface area contributed by atoms with Gasteiger partial charge < -0.3 is 15.2 Å². The molecule has 0 amide bonds. The van der Waals surface area contributed by atoms with E-state index in [0.717, 1.165) is 18.7 Å². The second-order valence-electron chi connectivity index (χ2n) is 7.80. The molecule has 2 fully saturated rings. The summed E-state index contributed by atoms with van der Waals surface area (Å²) in [6.07, 6.45) is 11.3. The number of piperidine rings is 1. The molecule has 3 unspecified atom stereocenters. The minimum atomic E-state index is -0.921. The Morgan fingerprint density at radius 1 is 1.12 bits per heavy atom. The topological polar surface area (TPSA) is 41.5 Å². The van der Waals surface area contributed by atoms with E-state index in [1.54, 1.807) is 0 Å². The van der Waals surface area contributed by atoms with Gasteiger partial charge in [-0.1, -0.05) is 75.8 Å². The average Bonchev–Trinajstić information content (AvgIpc) is 3.22. The van der Waals surface area contributed by atoms with Crippen LogP contribution in [0.3, 0.4) is 0 Å². The van der Waals surface area contributed by atoms with E-state index in [-0.39, 0.29) is 6.10 Å². The smallest absolute Gasteiger partial charge is 0.110 e. The molecule has 2 N–H and O–H groups in total. The number of aliphatic hydroxyl groups is 1. The van der Waals surface area contributed by atoms with Crippen molar-refractivity contribution in [2.45, 2.75) is 76.9 Å². The standard InChI is InChI=1S/C17H27NO2.C5H10/c1-3-7-14-10-11-18-12-16(14)20-13-17(2,19)15-8-5-4-6-9-15;1-2-4-5-3-1/h4-6,8-9,14,16,18-19H,3,7,10-13H2,1-2H3;1-5H2. The number of hydrogen-bond acceptors (Lipinski definition) is 3. The third-order valence-corrected chi connectivity index (χ3v) is 5.45. The van der Waals surface area contributed by atoms with Gasteiger partial charge in [0.05, 0.1) is 12.7 Å². The predicted octanol–water partition coefficient (Wildman–Crippen LogP) is 4.64. The average molecular weight is 348 g/mol. The molecule has 1 saturated carbocycles. The van der Waals surface area contributed by atoms with Crippen LogP contribution in [-0.2, 0) is 10.3 Å². The van der Waals surface area contributed by atoms with E-state index in [1.165, 1.54) is 51.4 Å². The molecule has 1 aromatic carbocycles. The Labute approximate surface area is 154 Å². The summed E-state index contributed by atoms with van der Waals surface area (Å²) in [6, 6.07) is 9.76. The predicted molar refractivity (Wildman–Crippen MR) is 105 cm³/mol. The van der Waals surface area contributed by atoms with Gasteiger partial charge in [-0.3, -0.25) is 0 Å². The minimum Gasteiger partial charge on any atom is -0.383 e. The molecule has 1 aromatic rings. The third-order valence-electron chi connectivity index (χ3n) is 5.45. The molecule has 0 radical (unpaired) electrons. The van der Waals surface area contributed by atoms with E-state index in [9.17, 15) is 5.11 Å². The molecule has 1 saturated heterocycles. The van der Waals surface area contributed by atoms with Gasteiger partial charge in [0.15, 0.2) is 0 Å². The molecule has 25 heavy (non-hydrogen) atoms. The summed E-state index contributed by atoms with van der Waals surface area (Å²) < 4.78 is 6.05. The molecule has 3 rings (SSSR count). The fraction of sp³-hybridized carbons (Fsp3) is 0.727. The molecule has 3 atom stereocenters. The molecular formula is C22H37NO2. The van der Waals surface area contributed by atoms with Crippen molar-refractivity contribution in [2.24, 2.45) is 5.92 Å². The molecule has 3 nitrogen and oxygen atoms in total. The van der Waals surface area contributed by atoms with Gasteiger partial charge in [0.2, 0.25) is 0 Å². The van der Waals surface area contributed by atoms with Crippen molar-refractivity contribution >= 4 is 0 Å². The Morgan fingerprint density at radius 2 is 1.76 bits per heavy atom. The number of nitrogens with one attached hydrogen (secondary N) is 1. The zero-order chi connectivity index (χ0) is 18.0. The highest BCUT2D eigenvalue weighted by atomic mass is 16.5. The fourth-order valence-electron chi connectivity index (χ4n) is 3.81. The summed E-state index contributed by atoms with van der Waals surface area (Å²) in [6.45, 7) is 6.38. The van der Waals surface area contributed by atoms with E-state index in [2.05, 4.69) is 12.2 Å². The molecular weight excluding hydrogens is 310 g/mol. The normalized spacial score (nSPS) is 25.7. The van der Waals surface area contributed by atoms with Crippen molar-refractivity contribution in [3.05, 3.63) is 35.9 Å². The molecule has 0 bridgehead atoms. The van der Waals surface area contributed by atoms with E-state index < -0.39 is 5.60 Å². The van der Waals surface area contributed by atoms with Crippen molar-refractivity contribution in [2.75, 3.05) is 19.7 Å². The molecule has 1 aliphatic heterocycles. The SMILES string of the molecule is C1CCCC1.CCCC1CCNCC1OCC(C)(O)c1ccccc1. The Bertz CT molecular complexity index is 447. The quantitative estimate of drug-likeness (QED) is 0.788. The number of ether oxygens (including phenoxy) is 1. The van der Waals surface area contributed by atoms with Crippen LogP contribution >= 0.6 is 0 Å². The lowest BCUT2D eigenvalue weighted by molar-refractivity contribution is -0.0886. The van der Waals surface area contributed by atoms with Crippen LogP contribution in [0.1, 0.15) is 70.8 Å². The first kappa shape index (κ1) is 20.4. The van der Waals surface area contributed by atoms with Crippen LogP contribution in [0.4, 0.5) is 0 Å². The van der Waals surface area contributed by atoms with Crippen molar-refractivity contribution < 1.29 is 9.84 Å². The van der Waals surface area contributed by atoms with Crippen LogP contribution in [0.2, 0.25) is 0 Å². The van der Waals surface area contributed by atoms with Gasteiger partial charge in [0, 0.05) is 6.54 Å². The van der Waals surface area contributed by atoms with E-state index in [4.69, 9.17) is 4.74 Å². The second-order valence-corrected chi connectivity index (χ2v) is 7.80. The molecule has 1 heterocycles. The molecule has 0 aromatic heterocycles. The largest absolute Gasteiger partial charge is 0.383 e. The maximum absolute atomic E-state index is 10.6. The summed E-state index contributed by atoms with van der Waals surface area (Å²) in [4.78, 5) is 0. The monoisotopic (exact) mass is 347 g/mol. The summed E-state index contributed by atoms with van der Waals surface area (Å²) >= 11 is 0. The van der Waals surface area contributed by atoms with Gasteiger partial charge in [0.25, 0.3) is 0 Å². The van der Waals surface area contributed by atoms with Crippen LogP contribution in [-0.4, -0.2) is 30.9 Å². The van der Waals surface area contributed by atoms with Crippen molar-refractivity contribution in [1.82, 2.24) is 5.32 Å². The first-order valence-corrected chi connectivity index (χ1v) is 10.2. The Kier molecular flexibility index (Phi) is 8.94. The van der Waals surface area contributed by atoms with Crippen molar-refractivity contribution in [1.29, 1.82) is 0 Å². The molecule has 3 heteroatoms. The minimum absolute atomic E-state index is 0.221. The zero-order valence-electron chi connectivity index (χ0n) is 16.2. The highest BCUT2D eigenvalue weighted by Gasteiger charge is 2.29. The third kappa shape index (κ3) is 7.08. The lowest BCUT2D eigenvalue weighted by Crippen LogP contribution is -2.44. The zero-order valence-corrected chi connectivity index (χ0v) is 16.2. The van der Waals surface area contributed by atoms with Crippen LogP contribution in [0.25, 0.3) is 0 Å². The van der Waals surface area contributed by atoms with Gasteiger partial charge >= 0.3 is 0 Å². The van der Waals surface area contributed by atoms with E-state index >= 15 is 0 Å². The second kappa shape index (κ2) is 10.9. The maximum atomic E-state index is 10.6.